The molecule has 0 aromatic heterocycles. The van der Waals surface area contributed by atoms with Crippen LogP contribution in [0.5, 0.6) is 0 Å². The second-order valence-electron chi connectivity index (χ2n) is 7.57. The second kappa shape index (κ2) is 8.09. The topological polar surface area (TPSA) is 26.7 Å². The van der Waals surface area contributed by atoms with E-state index in [-0.39, 0.29) is 12.0 Å². The van der Waals surface area contributed by atoms with Crippen molar-refractivity contribution in [2.45, 2.75) is 39.2 Å². The quantitative estimate of drug-likeness (QED) is 0.839. The number of likely N-dealkylation sites (N-methyl/N-ethyl adjacent to an activating group) is 1. The van der Waals surface area contributed by atoms with Crippen molar-refractivity contribution in [3.63, 3.8) is 0 Å². The summed E-state index contributed by atoms with van der Waals surface area (Å²) in [4.78, 5) is 5.05. The van der Waals surface area contributed by atoms with Gasteiger partial charge in [0.2, 0.25) is 0 Å². The van der Waals surface area contributed by atoms with Gasteiger partial charge < -0.3 is 14.9 Å². The van der Waals surface area contributed by atoms with Crippen LogP contribution in [0.4, 0.5) is 0 Å². The van der Waals surface area contributed by atoms with Gasteiger partial charge in [-0.25, -0.2) is 0 Å². The summed E-state index contributed by atoms with van der Waals surface area (Å²) in [5.41, 5.74) is 1.42. The minimum atomic E-state index is 0.00446. The zero-order chi connectivity index (χ0) is 16.0. The molecule has 3 nitrogen and oxygen atoms in total. The number of rotatable bonds is 7. The third-order valence-corrected chi connectivity index (χ3v) is 4.78. The van der Waals surface area contributed by atoms with Gasteiger partial charge in [-0.05, 0) is 38.4 Å². The lowest BCUT2D eigenvalue weighted by molar-refractivity contribution is 0.0601. The largest absolute Gasteiger partial charge is 0.396 e. The number of likely N-dealkylation sites (tertiary alicyclic amines) is 1. The fraction of sp³-hybridized carbons (Fsp3) is 0.684. The molecule has 2 rings (SSSR count). The van der Waals surface area contributed by atoms with E-state index >= 15 is 0 Å². The van der Waals surface area contributed by atoms with Gasteiger partial charge in [-0.1, -0.05) is 44.2 Å². The average molecular weight is 304 g/mol. The van der Waals surface area contributed by atoms with Crippen molar-refractivity contribution in [2.75, 3.05) is 39.8 Å². The lowest BCUT2D eigenvalue weighted by atomic mass is 9.92. The molecule has 0 spiro atoms. The van der Waals surface area contributed by atoms with Crippen molar-refractivity contribution in [1.29, 1.82) is 0 Å². The molecule has 1 aliphatic rings. The molecule has 1 aromatic carbocycles. The number of piperidine rings is 1. The molecule has 22 heavy (non-hydrogen) atoms. The first kappa shape index (κ1) is 17.5. The highest BCUT2D eigenvalue weighted by Gasteiger charge is 2.27. The van der Waals surface area contributed by atoms with Crippen molar-refractivity contribution >= 4 is 0 Å². The van der Waals surface area contributed by atoms with E-state index in [1.54, 1.807) is 0 Å². The SMILES string of the molecule is CN(CCc1ccccc1)[C@H]1CCCN(CC(C)(C)CO)C1. The number of nitrogens with zero attached hydrogens (tertiary/aromatic N) is 2. The molecular formula is C19H32N2O. The van der Waals surface area contributed by atoms with Gasteiger partial charge in [0.15, 0.2) is 0 Å². The van der Waals surface area contributed by atoms with Crippen LogP contribution in [-0.4, -0.2) is 60.8 Å². The normalized spacial score (nSPS) is 20.5. The van der Waals surface area contributed by atoms with Crippen molar-refractivity contribution in [3.8, 4) is 0 Å². The second-order valence-corrected chi connectivity index (χ2v) is 7.57. The smallest absolute Gasteiger partial charge is 0.0494 e. The van der Waals surface area contributed by atoms with E-state index in [1.807, 2.05) is 0 Å². The molecule has 0 radical (unpaired) electrons. The molecule has 124 valence electrons. The van der Waals surface area contributed by atoms with Crippen molar-refractivity contribution in [2.24, 2.45) is 5.41 Å². The van der Waals surface area contributed by atoms with Crippen LogP contribution in [0.1, 0.15) is 32.3 Å². The van der Waals surface area contributed by atoms with Crippen molar-refractivity contribution in [3.05, 3.63) is 35.9 Å². The molecular weight excluding hydrogens is 272 g/mol. The Morgan fingerprint density at radius 2 is 2.00 bits per heavy atom. The highest BCUT2D eigenvalue weighted by atomic mass is 16.3. The Morgan fingerprint density at radius 1 is 1.27 bits per heavy atom. The van der Waals surface area contributed by atoms with E-state index < -0.39 is 0 Å². The van der Waals surface area contributed by atoms with Crippen LogP contribution >= 0.6 is 0 Å². The fourth-order valence-electron chi connectivity index (χ4n) is 3.32. The van der Waals surface area contributed by atoms with Gasteiger partial charge in [0.05, 0.1) is 0 Å². The van der Waals surface area contributed by atoms with Crippen molar-refractivity contribution < 1.29 is 5.11 Å². The summed E-state index contributed by atoms with van der Waals surface area (Å²) in [6.07, 6.45) is 3.68. The van der Waals surface area contributed by atoms with Gasteiger partial charge in [-0.15, -0.1) is 0 Å². The Balaban J connectivity index is 1.81. The maximum Gasteiger partial charge on any atom is 0.0494 e. The highest BCUT2D eigenvalue weighted by molar-refractivity contribution is 5.14. The van der Waals surface area contributed by atoms with E-state index in [1.165, 1.54) is 24.9 Å². The summed E-state index contributed by atoms with van der Waals surface area (Å²) in [6.45, 7) is 8.98. The number of aliphatic hydroxyl groups excluding tert-OH is 1. The van der Waals surface area contributed by atoms with Crippen LogP contribution in [0.15, 0.2) is 30.3 Å². The zero-order valence-corrected chi connectivity index (χ0v) is 14.5. The van der Waals surface area contributed by atoms with Gasteiger partial charge in [-0.2, -0.15) is 0 Å². The predicted molar refractivity (Wildman–Crippen MR) is 93.1 cm³/mol. The Bertz CT molecular complexity index is 432. The standard InChI is InChI=1S/C19H32N2O/c1-19(2,16-22)15-21-12-7-10-18(14-21)20(3)13-11-17-8-5-4-6-9-17/h4-6,8-9,18,22H,7,10-16H2,1-3H3/t18-/m0/s1. The molecule has 1 aromatic rings. The van der Waals surface area contributed by atoms with E-state index in [0.717, 1.165) is 26.1 Å². The lowest BCUT2D eigenvalue weighted by Gasteiger charge is -2.40. The summed E-state index contributed by atoms with van der Waals surface area (Å²) < 4.78 is 0. The van der Waals surface area contributed by atoms with Gasteiger partial charge in [0.25, 0.3) is 0 Å². The number of aliphatic hydroxyl groups is 1. The molecule has 1 saturated heterocycles. The molecule has 0 unspecified atom stereocenters. The third kappa shape index (κ3) is 5.38. The van der Waals surface area contributed by atoms with Crippen LogP contribution in [0.25, 0.3) is 0 Å². The average Bonchev–Trinajstić information content (AvgIpc) is 2.53. The number of benzene rings is 1. The monoisotopic (exact) mass is 304 g/mol. The first-order valence-corrected chi connectivity index (χ1v) is 8.57. The molecule has 1 aliphatic heterocycles. The van der Waals surface area contributed by atoms with Gasteiger partial charge in [0.1, 0.15) is 0 Å². The minimum absolute atomic E-state index is 0.00446. The first-order valence-electron chi connectivity index (χ1n) is 8.57. The van der Waals surface area contributed by atoms with E-state index in [4.69, 9.17) is 0 Å². The summed E-state index contributed by atoms with van der Waals surface area (Å²) in [5, 5.41) is 9.47. The Kier molecular flexibility index (Phi) is 6.42. The Labute approximate surface area is 135 Å². The van der Waals surface area contributed by atoms with Gasteiger partial charge in [-0.3, -0.25) is 0 Å². The third-order valence-electron chi connectivity index (χ3n) is 4.78. The summed E-state index contributed by atoms with van der Waals surface area (Å²) in [7, 11) is 2.26. The van der Waals surface area contributed by atoms with Gasteiger partial charge in [0, 0.05) is 37.7 Å². The molecule has 1 fully saturated rings. The minimum Gasteiger partial charge on any atom is -0.396 e. The van der Waals surface area contributed by atoms with E-state index in [2.05, 4.69) is 61.0 Å². The van der Waals surface area contributed by atoms with Gasteiger partial charge >= 0.3 is 0 Å². The lowest BCUT2D eigenvalue weighted by Crippen LogP contribution is -2.49. The first-order chi connectivity index (χ1) is 10.5. The van der Waals surface area contributed by atoms with E-state index in [0.29, 0.717) is 6.04 Å². The van der Waals surface area contributed by atoms with Crippen LogP contribution in [0.2, 0.25) is 0 Å². The summed E-state index contributed by atoms with van der Waals surface area (Å²) >= 11 is 0. The molecule has 0 bridgehead atoms. The molecule has 1 heterocycles. The maximum absolute atomic E-state index is 9.47. The summed E-state index contributed by atoms with van der Waals surface area (Å²) in [5.74, 6) is 0. The molecule has 0 amide bonds. The molecule has 0 aliphatic carbocycles. The number of hydrogen-bond acceptors (Lipinski definition) is 3. The highest BCUT2D eigenvalue weighted by Crippen LogP contribution is 2.21. The fourth-order valence-corrected chi connectivity index (χ4v) is 3.32. The summed E-state index contributed by atoms with van der Waals surface area (Å²) in [6, 6.07) is 11.4. The molecule has 0 saturated carbocycles. The van der Waals surface area contributed by atoms with Crippen molar-refractivity contribution in [1.82, 2.24) is 9.80 Å². The number of hydrogen-bond donors (Lipinski definition) is 1. The zero-order valence-electron chi connectivity index (χ0n) is 14.5. The predicted octanol–water partition coefficient (Wildman–Crippen LogP) is 2.64. The van der Waals surface area contributed by atoms with E-state index in [9.17, 15) is 5.11 Å². The van der Waals surface area contributed by atoms with Crippen LogP contribution in [-0.2, 0) is 6.42 Å². The molecule has 3 heteroatoms. The molecule has 1 N–H and O–H groups in total. The van der Waals surface area contributed by atoms with Crippen LogP contribution in [0.3, 0.4) is 0 Å². The van der Waals surface area contributed by atoms with Crippen LogP contribution < -0.4 is 0 Å². The Hall–Kier alpha value is -0.900. The molecule has 1 atom stereocenters. The van der Waals surface area contributed by atoms with Crippen LogP contribution in [0, 0.1) is 5.41 Å². The maximum atomic E-state index is 9.47. The Morgan fingerprint density at radius 3 is 2.68 bits per heavy atom.